The molecule has 3 N–H and O–H groups in total. The minimum absolute atomic E-state index is 0.157. The fourth-order valence-corrected chi connectivity index (χ4v) is 1.71. The summed E-state index contributed by atoms with van der Waals surface area (Å²) in [5, 5.41) is 3.28. The van der Waals surface area contributed by atoms with Gasteiger partial charge in [-0.25, -0.2) is 4.79 Å². The van der Waals surface area contributed by atoms with Gasteiger partial charge in [-0.1, -0.05) is 6.92 Å². The lowest BCUT2D eigenvalue weighted by atomic mass is 10.1. The van der Waals surface area contributed by atoms with Gasteiger partial charge in [0, 0.05) is 13.2 Å². The molecule has 1 rings (SSSR count). The smallest absolute Gasteiger partial charge is 0.338 e. The number of esters is 1. The lowest BCUT2D eigenvalue weighted by molar-refractivity contribution is 0.0526. The van der Waals surface area contributed by atoms with Crippen molar-refractivity contribution < 1.29 is 14.3 Å². The van der Waals surface area contributed by atoms with Gasteiger partial charge in [0.1, 0.15) is 0 Å². The van der Waals surface area contributed by atoms with Gasteiger partial charge in [0.15, 0.2) is 0 Å². The number of anilines is 2. The zero-order valence-electron chi connectivity index (χ0n) is 11.7. The van der Waals surface area contributed by atoms with Crippen LogP contribution >= 0.6 is 0 Å². The van der Waals surface area contributed by atoms with E-state index in [-0.39, 0.29) is 12.0 Å². The van der Waals surface area contributed by atoms with Crippen molar-refractivity contribution in [1.82, 2.24) is 0 Å². The normalized spacial score (nSPS) is 11.9. The number of nitrogen functional groups attached to an aromatic ring is 1. The van der Waals surface area contributed by atoms with Crippen molar-refractivity contribution in [2.45, 2.75) is 26.3 Å². The summed E-state index contributed by atoms with van der Waals surface area (Å²) < 4.78 is 10.1. The molecule has 106 valence electrons. The second kappa shape index (κ2) is 7.63. The monoisotopic (exact) mass is 266 g/mol. The Labute approximate surface area is 114 Å². The number of rotatable bonds is 7. The number of methoxy groups -OCH3 is 1. The number of benzene rings is 1. The summed E-state index contributed by atoms with van der Waals surface area (Å²) in [4.78, 5) is 11.7. The van der Waals surface area contributed by atoms with Gasteiger partial charge in [0.25, 0.3) is 0 Å². The lowest BCUT2D eigenvalue weighted by Crippen LogP contribution is -2.24. The van der Waals surface area contributed by atoms with Crippen LogP contribution in [0.5, 0.6) is 0 Å². The third-order valence-corrected chi connectivity index (χ3v) is 2.78. The van der Waals surface area contributed by atoms with Crippen LogP contribution in [0.1, 0.15) is 30.6 Å². The van der Waals surface area contributed by atoms with E-state index in [1.807, 2.05) is 0 Å². The van der Waals surface area contributed by atoms with E-state index >= 15 is 0 Å². The summed E-state index contributed by atoms with van der Waals surface area (Å²) in [5.41, 5.74) is 7.73. The summed E-state index contributed by atoms with van der Waals surface area (Å²) >= 11 is 0. The van der Waals surface area contributed by atoms with Crippen LogP contribution < -0.4 is 11.1 Å². The Hall–Kier alpha value is -1.75. The van der Waals surface area contributed by atoms with Crippen LogP contribution in [0.3, 0.4) is 0 Å². The van der Waals surface area contributed by atoms with E-state index < -0.39 is 0 Å². The molecule has 1 aromatic rings. The van der Waals surface area contributed by atoms with Crippen LogP contribution in [0.4, 0.5) is 11.4 Å². The molecule has 0 heterocycles. The van der Waals surface area contributed by atoms with Crippen LogP contribution in [0.15, 0.2) is 18.2 Å². The number of hydrogen-bond acceptors (Lipinski definition) is 5. The first-order chi connectivity index (χ1) is 9.12. The largest absolute Gasteiger partial charge is 0.462 e. The van der Waals surface area contributed by atoms with Crippen molar-refractivity contribution in [2.24, 2.45) is 0 Å². The average molecular weight is 266 g/mol. The standard InChI is InChI=1S/C14H22N2O3/c1-4-11(9-18-3)16-13-8-10(6-7-12(13)15)14(17)19-5-2/h6-8,11,16H,4-5,9,15H2,1-3H3. The fraction of sp³-hybridized carbons (Fsp3) is 0.500. The zero-order valence-corrected chi connectivity index (χ0v) is 11.7. The summed E-state index contributed by atoms with van der Waals surface area (Å²) in [6.07, 6.45) is 0.900. The number of hydrogen-bond donors (Lipinski definition) is 2. The molecule has 0 aromatic heterocycles. The highest BCUT2D eigenvalue weighted by Crippen LogP contribution is 2.22. The van der Waals surface area contributed by atoms with E-state index in [0.717, 1.165) is 12.1 Å². The average Bonchev–Trinajstić information content (AvgIpc) is 2.40. The first-order valence-corrected chi connectivity index (χ1v) is 6.44. The molecule has 0 aliphatic heterocycles. The summed E-state index contributed by atoms with van der Waals surface area (Å²) in [7, 11) is 1.66. The molecule has 0 radical (unpaired) electrons. The van der Waals surface area contributed by atoms with Crippen molar-refractivity contribution in [3.8, 4) is 0 Å². The van der Waals surface area contributed by atoms with Crippen LogP contribution in [0.2, 0.25) is 0 Å². The maximum absolute atomic E-state index is 11.7. The van der Waals surface area contributed by atoms with Crippen LogP contribution in [0.25, 0.3) is 0 Å². The first-order valence-electron chi connectivity index (χ1n) is 6.44. The van der Waals surface area contributed by atoms with Crippen molar-refractivity contribution in [2.75, 3.05) is 31.4 Å². The fourth-order valence-electron chi connectivity index (χ4n) is 1.71. The topological polar surface area (TPSA) is 73.6 Å². The quantitative estimate of drug-likeness (QED) is 0.585. The molecule has 0 spiro atoms. The molecule has 0 aliphatic carbocycles. The van der Waals surface area contributed by atoms with Gasteiger partial charge in [0.05, 0.1) is 30.2 Å². The van der Waals surface area contributed by atoms with Crippen LogP contribution in [-0.4, -0.2) is 32.3 Å². The zero-order chi connectivity index (χ0) is 14.3. The van der Waals surface area contributed by atoms with Gasteiger partial charge in [-0.15, -0.1) is 0 Å². The molecule has 0 saturated heterocycles. The molecule has 19 heavy (non-hydrogen) atoms. The Bertz CT molecular complexity index is 421. The molecular formula is C14H22N2O3. The minimum Gasteiger partial charge on any atom is -0.462 e. The highest BCUT2D eigenvalue weighted by Gasteiger charge is 2.12. The molecule has 0 saturated carbocycles. The van der Waals surface area contributed by atoms with Gasteiger partial charge < -0.3 is 20.5 Å². The maximum atomic E-state index is 11.7. The van der Waals surface area contributed by atoms with E-state index in [2.05, 4.69) is 12.2 Å². The number of carbonyl (C=O) groups excluding carboxylic acids is 1. The van der Waals surface area contributed by atoms with Gasteiger partial charge in [-0.3, -0.25) is 0 Å². The van der Waals surface area contributed by atoms with Gasteiger partial charge in [-0.05, 0) is 31.5 Å². The molecular weight excluding hydrogens is 244 g/mol. The summed E-state index contributed by atoms with van der Waals surface area (Å²) in [6.45, 7) is 4.77. The maximum Gasteiger partial charge on any atom is 0.338 e. The molecule has 1 unspecified atom stereocenters. The van der Waals surface area contributed by atoms with E-state index in [1.54, 1.807) is 32.2 Å². The lowest BCUT2D eigenvalue weighted by Gasteiger charge is -2.19. The van der Waals surface area contributed by atoms with Crippen molar-refractivity contribution >= 4 is 17.3 Å². The van der Waals surface area contributed by atoms with E-state index in [0.29, 0.717) is 24.5 Å². The number of carbonyl (C=O) groups is 1. The number of ether oxygens (including phenoxy) is 2. The molecule has 0 fully saturated rings. The number of nitrogens with one attached hydrogen (secondary N) is 1. The Morgan fingerprint density at radius 3 is 2.74 bits per heavy atom. The minimum atomic E-state index is -0.342. The van der Waals surface area contributed by atoms with Crippen molar-refractivity contribution in [3.63, 3.8) is 0 Å². The Morgan fingerprint density at radius 1 is 1.42 bits per heavy atom. The third-order valence-electron chi connectivity index (χ3n) is 2.78. The number of nitrogens with two attached hydrogens (primary N) is 1. The predicted molar refractivity (Wildman–Crippen MR) is 76.4 cm³/mol. The van der Waals surface area contributed by atoms with Gasteiger partial charge in [0.2, 0.25) is 0 Å². The van der Waals surface area contributed by atoms with Gasteiger partial charge >= 0.3 is 5.97 Å². The van der Waals surface area contributed by atoms with Crippen molar-refractivity contribution in [1.29, 1.82) is 0 Å². The SMILES string of the molecule is CCOC(=O)c1ccc(N)c(NC(CC)COC)c1. The van der Waals surface area contributed by atoms with E-state index in [1.165, 1.54) is 0 Å². The Kier molecular flexibility index (Phi) is 6.15. The second-order valence-corrected chi connectivity index (χ2v) is 4.23. The summed E-state index contributed by atoms with van der Waals surface area (Å²) in [6, 6.07) is 5.24. The van der Waals surface area contributed by atoms with Gasteiger partial charge in [-0.2, -0.15) is 0 Å². The van der Waals surface area contributed by atoms with E-state index in [9.17, 15) is 4.79 Å². The third kappa shape index (κ3) is 4.44. The molecule has 1 aromatic carbocycles. The molecule has 0 amide bonds. The van der Waals surface area contributed by atoms with E-state index in [4.69, 9.17) is 15.2 Å². The molecule has 5 heteroatoms. The van der Waals surface area contributed by atoms with Crippen LogP contribution in [-0.2, 0) is 9.47 Å². The molecule has 0 aliphatic rings. The molecule has 5 nitrogen and oxygen atoms in total. The molecule has 1 atom stereocenters. The Morgan fingerprint density at radius 2 is 2.16 bits per heavy atom. The highest BCUT2D eigenvalue weighted by atomic mass is 16.5. The predicted octanol–water partition coefficient (Wildman–Crippen LogP) is 2.28. The summed E-state index contributed by atoms with van der Waals surface area (Å²) in [5.74, 6) is -0.342. The molecule has 0 bridgehead atoms. The van der Waals surface area contributed by atoms with Crippen LogP contribution in [0, 0.1) is 0 Å². The second-order valence-electron chi connectivity index (χ2n) is 4.23. The Balaban J connectivity index is 2.87. The highest BCUT2D eigenvalue weighted by molar-refractivity contribution is 5.92. The van der Waals surface area contributed by atoms with Crippen molar-refractivity contribution in [3.05, 3.63) is 23.8 Å². The first kappa shape index (κ1) is 15.3.